The standard InChI is InChI=1S/C18H21NO5S/c1-12(24-17(20)9-13-7-8-25(22,23)11-13)18(21)19-16-6-5-14-3-2-4-15(14)10-16/h5-8,10,12-13H,2-4,9,11H2,1H3,(H,19,21)/t12-,13+/m0/s1. The van der Waals surface area contributed by atoms with Gasteiger partial charge in [-0.15, -0.1) is 0 Å². The summed E-state index contributed by atoms with van der Waals surface area (Å²) in [6.07, 6.45) is 3.72. The van der Waals surface area contributed by atoms with Crippen LogP contribution in [-0.4, -0.2) is 32.2 Å². The minimum Gasteiger partial charge on any atom is -0.453 e. The molecule has 1 heterocycles. The molecule has 0 saturated heterocycles. The first-order valence-electron chi connectivity index (χ1n) is 8.35. The van der Waals surface area contributed by atoms with E-state index in [1.54, 1.807) is 0 Å². The number of aryl methyl sites for hydroxylation is 2. The Bertz CT molecular complexity index is 828. The van der Waals surface area contributed by atoms with E-state index in [9.17, 15) is 18.0 Å². The number of benzene rings is 1. The summed E-state index contributed by atoms with van der Waals surface area (Å²) in [5, 5.41) is 3.88. The SMILES string of the molecule is C[C@H](OC(=O)C[C@H]1C=CS(=O)(=O)C1)C(=O)Nc1ccc2c(c1)CCC2. The lowest BCUT2D eigenvalue weighted by Crippen LogP contribution is -2.30. The van der Waals surface area contributed by atoms with E-state index in [1.165, 1.54) is 24.1 Å². The van der Waals surface area contributed by atoms with E-state index < -0.39 is 27.8 Å². The second kappa shape index (κ2) is 7.00. The Labute approximate surface area is 147 Å². The molecule has 1 N–H and O–H groups in total. The average molecular weight is 363 g/mol. The number of amides is 1. The molecule has 25 heavy (non-hydrogen) atoms. The summed E-state index contributed by atoms with van der Waals surface area (Å²) in [6, 6.07) is 5.83. The quantitative estimate of drug-likeness (QED) is 0.808. The first kappa shape index (κ1) is 17.7. The highest BCUT2D eigenvalue weighted by Gasteiger charge is 2.26. The minimum absolute atomic E-state index is 0.0494. The van der Waals surface area contributed by atoms with Crippen molar-refractivity contribution in [2.24, 2.45) is 5.92 Å². The van der Waals surface area contributed by atoms with E-state index in [1.807, 2.05) is 18.2 Å². The van der Waals surface area contributed by atoms with E-state index in [0.717, 1.165) is 24.7 Å². The molecule has 1 aromatic rings. The molecule has 0 aromatic heterocycles. The topological polar surface area (TPSA) is 89.5 Å². The van der Waals surface area contributed by atoms with Crippen molar-refractivity contribution in [3.05, 3.63) is 40.8 Å². The van der Waals surface area contributed by atoms with Crippen LogP contribution >= 0.6 is 0 Å². The van der Waals surface area contributed by atoms with Crippen molar-refractivity contribution in [3.63, 3.8) is 0 Å². The number of fused-ring (bicyclic) bond motifs is 1. The van der Waals surface area contributed by atoms with E-state index in [0.29, 0.717) is 5.69 Å². The maximum absolute atomic E-state index is 12.2. The maximum Gasteiger partial charge on any atom is 0.307 e. The van der Waals surface area contributed by atoms with E-state index in [4.69, 9.17) is 4.74 Å². The number of allylic oxidation sites excluding steroid dienone is 1. The molecule has 0 saturated carbocycles. The normalized spacial score (nSPS) is 21.6. The van der Waals surface area contributed by atoms with Crippen molar-refractivity contribution >= 4 is 27.4 Å². The predicted molar refractivity (Wildman–Crippen MR) is 93.7 cm³/mol. The summed E-state index contributed by atoms with van der Waals surface area (Å²) < 4.78 is 27.8. The lowest BCUT2D eigenvalue weighted by Gasteiger charge is -2.15. The van der Waals surface area contributed by atoms with Crippen LogP contribution in [0.4, 0.5) is 5.69 Å². The zero-order valence-corrected chi connectivity index (χ0v) is 14.8. The molecule has 6 nitrogen and oxygen atoms in total. The third-order valence-electron chi connectivity index (χ3n) is 4.48. The van der Waals surface area contributed by atoms with Crippen molar-refractivity contribution in [2.75, 3.05) is 11.1 Å². The number of hydrogen-bond donors (Lipinski definition) is 1. The summed E-state index contributed by atoms with van der Waals surface area (Å²) in [5.41, 5.74) is 3.26. The first-order chi connectivity index (χ1) is 11.8. The van der Waals surface area contributed by atoms with Crippen LogP contribution in [0.1, 0.15) is 30.9 Å². The van der Waals surface area contributed by atoms with Crippen LogP contribution < -0.4 is 5.32 Å². The molecule has 7 heteroatoms. The number of anilines is 1. The van der Waals surface area contributed by atoms with Gasteiger partial charge < -0.3 is 10.1 Å². The van der Waals surface area contributed by atoms with E-state index in [-0.39, 0.29) is 18.1 Å². The Kier molecular flexibility index (Phi) is 4.94. The van der Waals surface area contributed by atoms with Crippen molar-refractivity contribution in [1.82, 2.24) is 0 Å². The summed E-state index contributed by atoms with van der Waals surface area (Å²) in [5.74, 6) is -1.45. The van der Waals surface area contributed by atoms with Gasteiger partial charge in [0, 0.05) is 17.0 Å². The van der Waals surface area contributed by atoms with Gasteiger partial charge in [-0.2, -0.15) is 0 Å². The molecular formula is C18H21NO5S. The first-order valence-corrected chi connectivity index (χ1v) is 10.1. The van der Waals surface area contributed by atoms with Gasteiger partial charge in [-0.1, -0.05) is 12.1 Å². The summed E-state index contributed by atoms with van der Waals surface area (Å²) in [7, 11) is -3.20. The highest BCUT2D eigenvalue weighted by atomic mass is 32.2. The van der Waals surface area contributed by atoms with Gasteiger partial charge in [0.2, 0.25) is 0 Å². The molecule has 1 aliphatic heterocycles. The molecule has 1 amide bonds. The highest BCUT2D eigenvalue weighted by molar-refractivity contribution is 7.94. The third kappa shape index (κ3) is 4.48. The summed E-state index contributed by atoms with van der Waals surface area (Å²) in [4.78, 5) is 24.1. The van der Waals surface area contributed by atoms with Crippen LogP contribution in [0.15, 0.2) is 29.7 Å². The Morgan fingerprint density at radius 2 is 2.04 bits per heavy atom. The molecule has 0 radical (unpaired) electrons. The molecule has 0 bridgehead atoms. The van der Waals surface area contributed by atoms with E-state index >= 15 is 0 Å². The Balaban J connectivity index is 1.50. The molecule has 0 unspecified atom stereocenters. The van der Waals surface area contributed by atoms with Gasteiger partial charge in [0.25, 0.3) is 5.91 Å². The fourth-order valence-electron chi connectivity index (χ4n) is 3.17. The van der Waals surface area contributed by atoms with Crippen LogP contribution in [0.25, 0.3) is 0 Å². The van der Waals surface area contributed by atoms with Gasteiger partial charge in [0.05, 0.1) is 12.2 Å². The van der Waals surface area contributed by atoms with Crippen LogP contribution in [0, 0.1) is 5.92 Å². The number of ether oxygens (including phenoxy) is 1. The molecular weight excluding hydrogens is 342 g/mol. The predicted octanol–water partition coefficient (Wildman–Crippen LogP) is 1.99. The summed E-state index contributed by atoms with van der Waals surface area (Å²) in [6.45, 7) is 1.50. The van der Waals surface area contributed by atoms with Gasteiger partial charge in [-0.3, -0.25) is 9.59 Å². The maximum atomic E-state index is 12.2. The Hall–Kier alpha value is -2.15. The van der Waals surface area contributed by atoms with Crippen LogP contribution in [0.5, 0.6) is 0 Å². The smallest absolute Gasteiger partial charge is 0.307 e. The van der Waals surface area contributed by atoms with E-state index in [2.05, 4.69) is 5.32 Å². The number of sulfone groups is 1. The molecule has 3 rings (SSSR count). The second-order valence-electron chi connectivity index (χ2n) is 6.58. The lowest BCUT2D eigenvalue weighted by molar-refractivity contribution is -0.153. The molecule has 2 atom stereocenters. The Morgan fingerprint density at radius 1 is 1.28 bits per heavy atom. The molecule has 1 aromatic carbocycles. The third-order valence-corrected chi connectivity index (χ3v) is 5.94. The van der Waals surface area contributed by atoms with Gasteiger partial charge >= 0.3 is 5.97 Å². The van der Waals surface area contributed by atoms with Gasteiger partial charge in [0.15, 0.2) is 15.9 Å². The zero-order chi connectivity index (χ0) is 18.0. The fourth-order valence-corrected chi connectivity index (χ4v) is 4.57. The number of nitrogens with one attached hydrogen (secondary N) is 1. The molecule has 0 fully saturated rings. The van der Waals surface area contributed by atoms with Gasteiger partial charge in [-0.25, -0.2) is 8.42 Å². The van der Waals surface area contributed by atoms with Crippen molar-refractivity contribution in [3.8, 4) is 0 Å². The van der Waals surface area contributed by atoms with Crippen LogP contribution in [-0.2, 0) is 37.0 Å². The monoisotopic (exact) mass is 363 g/mol. The molecule has 1 aliphatic carbocycles. The fraction of sp³-hybridized carbons (Fsp3) is 0.444. The lowest BCUT2D eigenvalue weighted by atomic mass is 10.1. The van der Waals surface area contributed by atoms with Crippen molar-refractivity contribution in [1.29, 1.82) is 0 Å². The highest BCUT2D eigenvalue weighted by Crippen LogP contribution is 2.25. The van der Waals surface area contributed by atoms with Crippen LogP contribution in [0.2, 0.25) is 0 Å². The Morgan fingerprint density at radius 3 is 2.76 bits per heavy atom. The molecule has 2 aliphatic rings. The van der Waals surface area contributed by atoms with Crippen LogP contribution in [0.3, 0.4) is 0 Å². The number of carbonyl (C=O) groups excluding carboxylic acids is 2. The summed E-state index contributed by atoms with van der Waals surface area (Å²) >= 11 is 0. The van der Waals surface area contributed by atoms with Crippen molar-refractivity contribution < 1.29 is 22.7 Å². The number of hydrogen-bond acceptors (Lipinski definition) is 5. The second-order valence-corrected chi connectivity index (χ2v) is 8.51. The molecule has 134 valence electrons. The number of esters is 1. The van der Waals surface area contributed by atoms with Gasteiger partial charge in [0.1, 0.15) is 0 Å². The minimum atomic E-state index is -3.20. The zero-order valence-electron chi connectivity index (χ0n) is 14.0. The number of rotatable bonds is 5. The van der Waals surface area contributed by atoms with Gasteiger partial charge in [-0.05, 0) is 49.4 Å². The van der Waals surface area contributed by atoms with Crippen molar-refractivity contribution in [2.45, 2.75) is 38.7 Å². The molecule has 0 spiro atoms. The number of carbonyl (C=O) groups is 2. The average Bonchev–Trinajstić information content (AvgIpc) is 3.12. The largest absolute Gasteiger partial charge is 0.453 e.